The van der Waals surface area contributed by atoms with E-state index < -0.39 is 11.5 Å². The number of carbonyl (C=O) groups is 1. The van der Waals surface area contributed by atoms with E-state index in [1.165, 1.54) is 13.2 Å². The van der Waals surface area contributed by atoms with Crippen LogP contribution in [0.25, 0.3) is 11.0 Å². The Bertz CT molecular complexity index is 968. The minimum atomic E-state index is -0.698. The first-order chi connectivity index (χ1) is 11.5. The molecule has 0 radical (unpaired) electrons. The molecule has 1 aromatic heterocycles. The molecule has 5 nitrogen and oxygen atoms in total. The van der Waals surface area contributed by atoms with E-state index in [0.717, 1.165) is 11.1 Å². The average molecular weight is 323 g/mol. The molecule has 0 saturated carbocycles. The first-order valence-corrected chi connectivity index (χ1v) is 7.49. The van der Waals surface area contributed by atoms with Gasteiger partial charge in [0.05, 0.1) is 7.11 Å². The molecule has 24 heavy (non-hydrogen) atoms. The van der Waals surface area contributed by atoms with Crippen LogP contribution < -0.4 is 15.7 Å². The number of carbonyl (C=O) groups excluding carboxylic acids is 1. The Hall–Kier alpha value is -3.08. The normalized spacial score (nSPS) is 10.6. The maximum Gasteiger partial charge on any atom is 0.349 e. The molecule has 3 aromatic rings. The van der Waals surface area contributed by atoms with E-state index in [-0.39, 0.29) is 5.56 Å². The summed E-state index contributed by atoms with van der Waals surface area (Å²) >= 11 is 0. The first-order valence-electron chi connectivity index (χ1n) is 7.49. The Balaban J connectivity index is 2.05. The Morgan fingerprint density at radius 2 is 1.75 bits per heavy atom. The van der Waals surface area contributed by atoms with Crippen molar-refractivity contribution in [2.24, 2.45) is 0 Å². The Morgan fingerprint density at radius 3 is 2.42 bits per heavy atom. The molecule has 0 unspecified atom stereocenters. The van der Waals surface area contributed by atoms with E-state index in [0.29, 0.717) is 22.4 Å². The third kappa shape index (κ3) is 2.76. The van der Waals surface area contributed by atoms with Crippen LogP contribution in [0.2, 0.25) is 0 Å². The van der Waals surface area contributed by atoms with Gasteiger partial charge in [0.2, 0.25) is 0 Å². The number of fused-ring (bicyclic) bond motifs is 1. The molecule has 1 amide bonds. The smallest absolute Gasteiger partial charge is 0.349 e. The zero-order valence-corrected chi connectivity index (χ0v) is 13.7. The lowest BCUT2D eigenvalue weighted by Gasteiger charge is -2.11. The summed E-state index contributed by atoms with van der Waals surface area (Å²) in [6.07, 6.45) is 0. The van der Waals surface area contributed by atoms with Crippen LogP contribution in [0.15, 0.2) is 51.7 Å². The fourth-order valence-corrected chi connectivity index (χ4v) is 2.63. The summed E-state index contributed by atoms with van der Waals surface area (Å²) in [6, 6.07) is 12.5. The number of aryl methyl sites for hydroxylation is 2. The number of amides is 1. The van der Waals surface area contributed by atoms with Crippen molar-refractivity contribution in [3.63, 3.8) is 0 Å². The summed E-state index contributed by atoms with van der Waals surface area (Å²) in [6.45, 7) is 3.80. The number of hydrogen-bond donors (Lipinski definition) is 1. The lowest BCUT2D eigenvalue weighted by molar-refractivity contribution is 0.102. The lowest BCUT2D eigenvalue weighted by Crippen LogP contribution is -2.21. The van der Waals surface area contributed by atoms with Gasteiger partial charge in [0.25, 0.3) is 5.91 Å². The summed E-state index contributed by atoms with van der Waals surface area (Å²) in [5.41, 5.74) is 2.14. The minimum Gasteiger partial charge on any atom is -0.493 e. The second kappa shape index (κ2) is 6.20. The predicted octanol–water partition coefficient (Wildman–Crippen LogP) is 3.67. The van der Waals surface area contributed by atoms with Gasteiger partial charge in [-0.3, -0.25) is 4.79 Å². The number of ether oxygens (including phenoxy) is 1. The van der Waals surface area contributed by atoms with Gasteiger partial charge < -0.3 is 14.5 Å². The molecule has 5 heteroatoms. The highest BCUT2D eigenvalue weighted by Crippen LogP contribution is 2.25. The topological polar surface area (TPSA) is 68.5 Å². The summed E-state index contributed by atoms with van der Waals surface area (Å²) in [5.74, 6) is -0.0443. The summed E-state index contributed by atoms with van der Waals surface area (Å²) in [5, 5.41) is 3.42. The van der Waals surface area contributed by atoms with Gasteiger partial charge in [-0.2, -0.15) is 0 Å². The molecule has 0 aliphatic rings. The number of nitrogens with one attached hydrogen (secondary N) is 1. The van der Waals surface area contributed by atoms with Gasteiger partial charge in [0.1, 0.15) is 5.56 Å². The number of benzene rings is 2. The predicted molar refractivity (Wildman–Crippen MR) is 92.9 cm³/mol. The largest absolute Gasteiger partial charge is 0.493 e. The van der Waals surface area contributed by atoms with Crippen LogP contribution in [0.5, 0.6) is 5.75 Å². The Morgan fingerprint density at radius 1 is 1.08 bits per heavy atom. The molecule has 0 bridgehead atoms. The van der Waals surface area contributed by atoms with Crippen molar-refractivity contribution in [3.05, 3.63) is 69.6 Å². The second-order valence-corrected chi connectivity index (χ2v) is 5.55. The van der Waals surface area contributed by atoms with Crippen molar-refractivity contribution in [2.45, 2.75) is 13.8 Å². The molecule has 0 saturated heterocycles. The van der Waals surface area contributed by atoms with E-state index in [4.69, 9.17) is 9.15 Å². The Kier molecular flexibility index (Phi) is 4.08. The maximum absolute atomic E-state index is 12.5. The van der Waals surface area contributed by atoms with E-state index in [2.05, 4.69) is 5.32 Å². The zero-order chi connectivity index (χ0) is 17.3. The van der Waals surface area contributed by atoms with Crippen LogP contribution in [-0.2, 0) is 0 Å². The third-order valence-electron chi connectivity index (χ3n) is 3.91. The minimum absolute atomic E-state index is 0.0431. The standard InChI is InChI=1S/C19H17NO4/c1-11-6-4-7-12(2)16(11)20-18(21)14-10-13-8-5-9-15(23-3)17(13)24-19(14)22/h4-10H,1-3H3,(H,20,21). The molecule has 2 aromatic carbocycles. The molecule has 0 aliphatic heterocycles. The van der Waals surface area contributed by atoms with Crippen molar-refractivity contribution in [3.8, 4) is 5.75 Å². The van der Waals surface area contributed by atoms with Crippen LogP contribution in [0, 0.1) is 13.8 Å². The van der Waals surface area contributed by atoms with Crippen molar-refractivity contribution in [1.82, 2.24) is 0 Å². The molecule has 1 N–H and O–H groups in total. The van der Waals surface area contributed by atoms with Crippen LogP contribution in [0.4, 0.5) is 5.69 Å². The maximum atomic E-state index is 12.5. The average Bonchev–Trinajstić information content (AvgIpc) is 2.57. The van der Waals surface area contributed by atoms with Gasteiger partial charge in [-0.1, -0.05) is 30.3 Å². The zero-order valence-electron chi connectivity index (χ0n) is 13.7. The SMILES string of the molecule is COc1cccc2cc(C(=O)Nc3c(C)cccc3C)c(=O)oc12. The number of anilines is 1. The number of rotatable bonds is 3. The van der Waals surface area contributed by atoms with Crippen LogP contribution in [0.1, 0.15) is 21.5 Å². The van der Waals surface area contributed by atoms with Crippen LogP contribution in [0.3, 0.4) is 0 Å². The number of hydrogen-bond acceptors (Lipinski definition) is 4. The van der Waals surface area contributed by atoms with Crippen LogP contribution >= 0.6 is 0 Å². The molecule has 0 fully saturated rings. The molecule has 0 atom stereocenters. The Labute approximate surface area is 138 Å². The van der Waals surface area contributed by atoms with E-state index in [1.54, 1.807) is 18.2 Å². The van der Waals surface area contributed by atoms with E-state index >= 15 is 0 Å². The van der Waals surface area contributed by atoms with Gasteiger partial charge in [-0.05, 0) is 37.1 Å². The third-order valence-corrected chi connectivity index (χ3v) is 3.91. The molecule has 0 aliphatic carbocycles. The fraction of sp³-hybridized carbons (Fsp3) is 0.158. The highest BCUT2D eigenvalue weighted by molar-refractivity contribution is 6.06. The molecule has 3 rings (SSSR count). The number of methoxy groups -OCH3 is 1. The molecule has 0 spiro atoms. The monoisotopic (exact) mass is 323 g/mol. The van der Waals surface area contributed by atoms with Gasteiger partial charge in [0, 0.05) is 11.1 Å². The van der Waals surface area contributed by atoms with Gasteiger partial charge in [-0.25, -0.2) is 4.79 Å². The molecular formula is C19H17NO4. The molecule has 122 valence electrons. The van der Waals surface area contributed by atoms with E-state index in [1.807, 2.05) is 32.0 Å². The number of para-hydroxylation sites is 2. The van der Waals surface area contributed by atoms with Crippen LogP contribution in [-0.4, -0.2) is 13.0 Å². The molecule has 1 heterocycles. The van der Waals surface area contributed by atoms with Crippen molar-refractivity contribution < 1.29 is 13.9 Å². The summed E-state index contributed by atoms with van der Waals surface area (Å²) < 4.78 is 10.5. The lowest BCUT2D eigenvalue weighted by atomic mass is 10.1. The van der Waals surface area contributed by atoms with Crippen molar-refractivity contribution >= 4 is 22.6 Å². The summed E-state index contributed by atoms with van der Waals surface area (Å²) in [4.78, 5) is 24.8. The second-order valence-electron chi connectivity index (χ2n) is 5.55. The van der Waals surface area contributed by atoms with E-state index in [9.17, 15) is 9.59 Å². The highest BCUT2D eigenvalue weighted by atomic mass is 16.5. The fourth-order valence-electron chi connectivity index (χ4n) is 2.63. The molecular weight excluding hydrogens is 306 g/mol. The quantitative estimate of drug-likeness (QED) is 0.747. The highest BCUT2D eigenvalue weighted by Gasteiger charge is 2.17. The first kappa shape index (κ1) is 15.8. The van der Waals surface area contributed by atoms with Gasteiger partial charge >= 0.3 is 5.63 Å². The van der Waals surface area contributed by atoms with Crippen molar-refractivity contribution in [2.75, 3.05) is 12.4 Å². The van der Waals surface area contributed by atoms with Gasteiger partial charge in [0.15, 0.2) is 11.3 Å². The van der Waals surface area contributed by atoms with Gasteiger partial charge in [-0.15, -0.1) is 0 Å². The van der Waals surface area contributed by atoms with Crippen molar-refractivity contribution in [1.29, 1.82) is 0 Å². The summed E-state index contributed by atoms with van der Waals surface area (Å²) in [7, 11) is 1.50.